The van der Waals surface area contributed by atoms with Gasteiger partial charge in [0.15, 0.2) is 0 Å². The minimum atomic E-state index is -4.88. The first kappa shape index (κ1) is 25.7. The summed E-state index contributed by atoms with van der Waals surface area (Å²) in [6, 6.07) is 1.37. The summed E-state index contributed by atoms with van der Waals surface area (Å²) in [6.45, 7) is -0.917. The molecule has 0 aliphatic carbocycles. The zero-order valence-electron chi connectivity index (χ0n) is 15.2. The molecule has 0 aromatic heterocycles. The van der Waals surface area contributed by atoms with Crippen molar-refractivity contribution in [1.29, 1.82) is 0 Å². The lowest BCUT2D eigenvalue weighted by Crippen LogP contribution is -2.46. The van der Waals surface area contributed by atoms with Gasteiger partial charge in [-0.3, -0.25) is 10.1 Å². The summed E-state index contributed by atoms with van der Waals surface area (Å²) in [6.07, 6.45) is -8.18. The fourth-order valence-electron chi connectivity index (χ4n) is 2.90. The van der Waals surface area contributed by atoms with E-state index in [9.17, 15) is 32.8 Å². The molecular formula is C16H21ClF4N2O5S. The van der Waals surface area contributed by atoms with Crippen molar-refractivity contribution in [3.8, 4) is 5.75 Å². The Balaban J connectivity index is 0.00000420. The van der Waals surface area contributed by atoms with Crippen LogP contribution in [0.5, 0.6) is 5.75 Å². The van der Waals surface area contributed by atoms with Crippen LogP contribution >= 0.6 is 24.2 Å². The SMILES string of the molecule is COC[C@@H](Oc1cc(C[C@@H]2CSC[C@H](N)[C@H]2O)cc(F)c1[N+](=O)[O-])C(F)(F)F.Cl. The normalized spacial score (nSPS) is 23.2. The number of nitrogens with zero attached hydrogens (tertiary/aromatic N) is 1. The molecular weight excluding hydrogens is 444 g/mol. The number of nitro benzene ring substituents is 1. The molecule has 13 heteroatoms. The topological polar surface area (TPSA) is 108 Å². The van der Waals surface area contributed by atoms with Crippen molar-refractivity contribution in [3.05, 3.63) is 33.6 Å². The largest absolute Gasteiger partial charge is 0.471 e. The van der Waals surface area contributed by atoms with E-state index in [1.165, 1.54) is 11.8 Å². The Hall–Kier alpha value is -1.34. The van der Waals surface area contributed by atoms with Crippen LogP contribution in [0.25, 0.3) is 0 Å². The summed E-state index contributed by atoms with van der Waals surface area (Å²) in [4.78, 5) is 10.00. The van der Waals surface area contributed by atoms with E-state index in [0.29, 0.717) is 11.5 Å². The molecule has 0 radical (unpaired) electrons. The molecule has 1 heterocycles. The minimum absolute atomic E-state index is 0. The maximum Gasteiger partial charge on any atom is 0.427 e. The third-order valence-corrected chi connectivity index (χ3v) is 5.57. The Kier molecular flexibility index (Phi) is 9.41. The molecule has 1 aromatic rings. The van der Waals surface area contributed by atoms with Gasteiger partial charge >= 0.3 is 11.9 Å². The molecule has 4 atom stereocenters. The fourth-order valence-corrected chi connectivity index (χ4v) is 4.12. The fraction of sp³-hybridized carbons (Fsp3) is 0.625. The number of ether oxygens (including phenoxy) is 2. The van der Waals surface area contributed by atoms with Crippen molar-refractivity contribution < 1.29 is 37.1 Å². The summed E-state index contributed by atoms with van der Waals surface area (Å²) in [5.41, 5.74) is 4.77. The van der Waals surface area contributed by atoms with Crippen LogP contribution in [-0.2, 0) is 11.2 Å². The number of halogens is 5. The summed E-state index contributed by atoms with van der Waals surface area (Å²) in [5, 5.41) is 21.3. The number of alkyl halides is 3. The van der Waals surface area contributed by atoms with Crippen molar-refractivity contribution >= 4 is 29.9 Å². The number of nitrogens with two attached hydrogens (primary N) is 1. The summed E-state index contributed by atoms with van der Waals surface area (Å²) >= 11 is 1.49. The van der Waals surface area contributed by atoms with Crippen molar-refractivity contribution in [1.82, 2.24) is 0 Å². The van der Waals surface area contributed by atoms with E-state index < -0.39 is 53.2 Å². The number of nitro groups is 1. The van der Waals surface area contributed by atoms with E-state index >= 15 is 0 Å². The molecule has 1 saturated heterocycles. The molecule has 1 aliphatic rings. The van der Waals surface area contributed by atoms with E-state index in [0.717, 1.165) is 19.2 Å². The smallest absolute Gasteiger partial charge is 0.427 e. The Bertz CT molecular complexity index is 713. The van der Waals surface area contributed by atoms with Crippen LogP contribution in [0, 0.1) is 21.8 Å². The molecule has 1 fully saturated rings. The number of rotatable bonds is 7. The molecule has 1 aliphatic heterocycles. The molecule has 0 saturated carbocycles. The molecule has 1 aromatic carbocycles. The molecule has 7 nitrogen and oxygen atoms in total. The maximum atomic E-state index is 14.3. The number of hydrogen-bond acceptors (Lipinski definition) is 7. The van der Waals surface area contributed by atoms with Crippen LogP contribution in [0.4, 0.5) is 23.2 Å². The quantitative estimate of drug-likeness (QED) is 0.363. The first-order valence-electron chi connectivity index (χ1n) is 8.25. The van der Waals surface area contributed by atoms with Gasteiger partial charge < -0.3 is 20.3 Å². The lowest BCUT2D eigenvalue weighted by molar-refractivity contribution is -0.389. The predicted molar refractivity (Wildman–Crippen MR) is 101 cm³/mol. The Morgan fingerprint density at radius 2 is 2.07 bits per heavy atom. The minimum Gasteiger partial charge on any atom is -0.471 e. The summed E-state index contributed by atoms with van der Waals surface area (Å²) in [5.74, 6) is -1.48. The van der Waals surface area contributed by atoms with Gasteiger partial charge in [-0.05, 0) is 35.8 Å². The molecule has 166 valence electrons. The summed E-state index contributed by atoms with van der Waals surface area (Å²) in [7, 11) is 1.01. The van der Waals surface area contributed by atoms with Crippen molar-refractivity contribution in [3.63, 3.8) is 0 Å². The highest BCUT2D eigenvalue weighted by Gasteiger charge is 2.43. The van der Waals surface area contributed by atoms with E-state index in [4.69, 9.17) is 10.5 Å². The third-order valence-electron chi connectivity index (χ3n) is 4.28. The monoisotopic (exact) mass is 464 g/mol. The molecule has 0 amide bonds. The molecule has 29 heavy (non-hydrogen) atoms. The highest BCUT2D eigenvalue weighted by atomic mass is 35.5. The van der Waals surface area contributed by atoms with E-state index in [2.05, 4.69) is 4.74 Å². The highest BCUT2D eigenvalue weighted by Crippen LogP contribution is 2.36. The molecule has 0 spiro atoms. The van der Waals surface area contributed by atoms with E-state index in [-0.39, 0.29) is 30.3 Å². The number of aliphatic hydroxyl groups is 1. The second-order valence-electron chi connectivity index (χ2n) is 6.44. The molecule has 3 N–H and O–H groups in total. The van der Waals surface area contributed by atoms with Crippen LogP contribution in [-0.4, -0.2) is 59.7 Å². The van der Waals surface area contributed by atoms with Gasteiger partial charge in [-0.1, -0.05) is 0 Å². The van der Waals surface area contributed by atoms with Gasteiger partial charge in [-0.2, -0.15) is 29.3 Å². The molecule has 2 rings (SSSR count). The van der Waals surface area contributed by atoms with Crippen LogP contribution in [0.2, 0.25) is 0 Å². The van der Waals surface area contributed by atoms with E-state index in [1.54, 1.807) is 0 Å². The number of methoxy groups -OCH3 is 1. The zero-order valence-corrected chi connectivity index (χ0v) is 16.9. The van der Waals surface area contributed by atoms with Gasteiger partial charge in [0.2, 0.25) is 17.7 Å². The van der Waals surface area contributed by atoms with Crippen LogP contribution in [0.1, 0.15) is 5.56 Å². The van der Waals surface area contributed by atoms with Gasteiger partial charge in [0.25, 0.3) is 0 Å². The Morgan fingerprint density at radius 3 is 2.62 bits per heavy atom. The molecule has 0 bridgehead atoms. The number of thioether (sulfide) groups is 1. The first-order valence-corrected chi connectivity index (χ1v) is 9.40. The lowest BCUT2D eigenvalue weighted by Gasteiger charge is -2.32. The van der Waals surface area contributed by atoms with Gasteiger partial charge in [0.05, 0.1) is 17.6 Å². The lowest BCUT2D eigenvalue weighted by atomic mass is 9.91. The zero-order chi connectivity index (χ0) is 21.1. The van der Waals surface area contributed by atoms with Crippen LogP contribution < -0.4 is 10.5 Å². The van der Waals surface area contributed by atoms with Crippen LogP contribution in [0.15, 0.2) is 12.1 Å². The summed E-state index contributed by atoms with van der Waals surface area (Å²) < 4.78 is 62.7. The van der Waals surface area contributed by atoms with Gasteiger partial charge in [0, 0.05) is 18.9 Å². The van der Waals surface area contributed by atoms with E-state index in [1.807, 2.05) is 0 Å². The first-order chi connectivity index (χ1) is 13.0. The standard InChI is InChI=1S/C16H20F4N2O5S.ClH/c1-26-5-13(16(18,19)20)27-12-4-8(3-10(17)14(12)22(24)25)2-9-6-28-7-11(21)15(9)23;/h3-4,9,11,13,15,23H,2,5-7,21H2,1H3;1H/t9-,11+,13-,15+;/m1./s1. The molecule has 0 unspecified atom stereocenters. The van der Waals surface area contributed by atoms with Crippen molar-refractivity contribution in [2.75, 3.05) is 25.2 Å². The van der Waals surface area contributed by atoms with Gasteiger partial charge in [-0.25, -0.2) is 0 Å². The third kappa shape index (κ3) is 6.57. The maximum absolute atomic E-state index is 14.3. The number of aliphatic hydroxyl groups excluding tert-OH is 1. The predicted octanol–water partition coefficient (Wildman–Crippen LogP) is 2.71. The van der Waals surface area contributed by atoms with Gasteiger partial charge in [-0.15, -0.1) is 12.4 Å². The Labute approximate surface area is 174 Å². The average Bonchev–Trinajstić information content (AvgIpc) is 2.57. The van der Waals surface area contributed by atoms with Gasteiger partial charge in [0.1, 0.15) is 0 Å². The highest BCUT2D eigenvalue weighted by molar-refractivity contribution is 7.99. The number of hydrogen-bond donors (Lipinski definition) is 2. The second kappa shape index (κ2) is 10.6. The van der Waals surface area contributed by atoms with Crippen molar-refractivity contribution in [2.24, 2.45) is 11.7 Å². The second-order valence-corrected chi connectivity index (χ2v) is 7.52. The van der Waals surface area contributed by atoms with Crippen molar-refractivity contribution in [2.45, 2.75) is 30.8 Å². The average molecular weight is 465 g/mol. The Morgan fingerprint density at radius 1 is 1.41 bits per heavy atom. The van der Waals surface area contributed by atoms with Crippen LogP contribution in [0.3, 0.4) is 0 Å². The number of benzene rings is 1.